The van der Waals surface area contributed by atoms with Crippen molar-refractivity contribution in [3.8, 4) is 0 Å². The summed E-state index contributed by atoms with van der Waals surface area (Å²) in [7, 11) is 0. The summed E-state index contributed by atoms with van der Waals surface area (Å²) in [5.74, 6) is 0.210. The zero-order valence-corrected chi connectivity index (χ0v) is 9.39. The van der Waals surface area contributed by atoms with E-state index in [0.29, 0.717) is 19.1 Å². The number of halogens is 1. The summed E-state index contributed by atoms with van der Waals surface area (Å²) in [5, 5.41) is 0. The minimum absolute atomic E-state index is 0. The Morgan fingerprint density at radius 1 is 1.46 bits per heavy atom. The average molecular weight is 210 g/mol. The van der Waals surface area contributed by atoms with Crippen LogP contribution >= 0.6 is 12.4 Å². The van der Waals surface area contributed by atoms with Gasteiger partial charge in [-0.3, -0.25) is 4.79 Å². The van der Waals surface area contributed by atoms with Crippen LogP contribution in [0.15, 0.2) is 0 Å². The number of ether oxygens (including phenoxy) is 1. The molecule has 0 aliphatic heterocycles. The first kappa shape index (κ1) is 15.2. The lowest BCUT2D eigenvalue weighted by molar-refractivity contribution is -0.148. The van der Waals surface area contributed by atoms with E-state index in [1.165, 1.54) is 0 Å². The van der Waals surface area contributed by atoms with Crippen LogP contribution < -0.4 is 5.73 Å². The van der Waals surface area contributed by atoms with Gasteiger partial charge in [0, 0.05) is 6.54 Å². The molecule has 0 saturated carbocycles. The molecule has 0 aromatic heterocycles. The largest absolute Gasteiger partial charge is 0.466 e. The lowest BCUT2D eigenvalue weighted by Crippen LogP contribution is -2.27. The van der Waals surface area contributed by atoms with Crippen molar-refractivity contribution in [2.45, 2.75) is 27.2 Å². The van der Waals surface area contributed by atoms with Crippen LogP contribution in [0.2, 0.25) is 0 Å². The number of hydrogen-bond donors (Lipinski definition) is 1. The first-order valence-electron chi connectivity index (χ1n) is 4.48. The van der Waals surface area contributed by atoms with E-state index < -0.39 is 0 Å². The fourth-order valence-corrected chi connectivity index (χ4v) is 1.12. The van der Waals surface area contributed by atoms with E-state index in [-0.39, 0.29) is 24.3 Å². The van der Waals surface area contributed by atoms with Crippen molar-refractivity contribution in [3.63, 3.8) is 0 Å². The van der Waals surface area contributed by atoms with Crippen molar-refractivity contribution in [2.75, 3.05) is 13.2 Å². The van der Waals surface area contributed by atoms with Gasteiger partial charge in [-0.25, -0.2) is 0 Å². The predicted octanol–water partition coefficient (Wildman–Crippen LogP) is 1.59. The van der Waals surface area contributed by atoms with Crippen LogP contribution in [0.3, 0.4) is 0 Å². The summed E-state index contributed by atoms with van der Waals surface area (Å²) in [6, 6.07) is 0. The van der Waals surface area contributed by atoms with Gasteiger partial charge in [-0.15, -0.1) is 12.4 Å². The Morgan fingerprint density at radius 2 is 2.00 bits per heavy atom. The van der Waals surface area contributed by atoms with Gasteiger partial charge >= 0.3 is 5.97 Å². The van der Waals surface area contributed by atoms with Crippen molar-refractivity contribution < 1.29 is 9.53 Å². The normalized spacial score (nSPS) is 12.1. The van der Waals surface area contributed by atoms with Gasteiger partial charge in [0.25, 0.3) is 0 Å². The van der Waals surface area contributed by atoms with Crippen molar-refractivity contribution in [1.29, 1.82) is 0 Å². The van der Waals surface area contributed by atoms with Crippen molar-refractivity contribution in [3.05, 3.63) is 0 Å². The highest BCUT2D eigenvalue weighted by Crippen LogP contribution is 2.11. The van der Waals surface area contributed by atoms with Gasteiger partial charge in [-0.2, -0.15) is 0 Å². The summed E-state index contributed by atoms with van der Waals surface area (Å²) in [5.41, 5.74) is 5.45. The molecule has 0 rings (SSSR count). The summed E-state index contributed by atoms with van der Waals surface area (Å²) >= 11 is 0. The van der Waals surface area contributed by atoms with Crippen molar-refractivity contribution in [2.24, 2.45) is 17.6 Å². The fourth-order valence-electron chi connectivity index (χ4n) is 1.12. The molecule has 0 aliphatic rings. The van der Waals surface area contributed by atoms with Gasteiger partial charge < -0.3 is 10.5 Å². The maximum absolute atomic E-state index is 11.2. The standard InChI is InChI=1S/C9H19NO2.ClH/c1-4-12-9(11)8(6-10)5-7(2)3;/h7-8H,4-6,10H2,1-3H3;1H. The second kappa shape index (κ2) is 8.32. The van der Waals surface area contributed by atoms with E-state index in [1.54, 1.807) is 6.92 Å². The molecule has 3 nitrogen and oxygen atoms in total. The highest BCUT2D eigenvalue weighted by molar-refractivity contribution is 5.85. The molecule has 0 aromatic rings. The minimum Gasteiger partial charge on any atom is -0.466 e. The average Bonchev–Trinajstić information content (AvgIpc) is 2.00. The van der Waals surface area contributed by atoms with E-state index in [2.05, 4.69) is 13.8 Å². The number of nitrogens with two attached hydrogens (primary N) is 1. The van der Waals surface area contributed by atoms with E-state index >= 15 is 0 Å². The summed E-state index contributed by atoms with van der Waals surface area (Å²) < 4.78 is 4.88. The number of rotatable bonds is 5. The SMILES string of the molecule is CCOC(=O)C(CN)CC(C)C.Cl. The maximum Gasteiger partial charge on any atom is 0.310 e. The molecule has 0 amide bonds. The molecule has 1 atom stereocenters. The molecule has 0 fully saturated rings. The van der Waals surface area contributed by atoms with E-state index in [4.69, 9.17) is 10.5 Å². The predicted molar refractivity (Wildman–Crippen MR) is 55.9 cm³/mol. The fraction of sp³-hybridized carbons (Fsp3) is 0.889. The minimum atomic E-state index is -0.159. The Bertz CT molecular complexity index is 140. The van der Waals surface area contributed by atoms with Gasteiger partial charge in [-0.1, -0.05) is 13.8 Å². The Balaban J connectivity index is 0. The van der Waals surface area contributed by atoms with E-state index in [9.17, 15) is 4.79 Å². The molecule has 1 unspecified atom stereocenters. The van der Waals surface area contributed by atoms with Crippen LogP contribution in [0.4, 0.5) is 0 Å². The molecule has 0 radical (unpaired) electrons. The number of esters is 1. The topological polar surface area (TPSA) is 52.3 Å². The van der Waals surface area contributed by atoms with Gasteiger partial charge in [0.1, 0.15) is 0 Å². The molecular weight excluding hydrogens is 190 g/mol. The molecule has 0 aliphatic carbocycles. The van der Waals surface area contributed by atoms with Gasteiger partial charge in [0.2, 0.25) is 0 Å². The Labute approximate surface area is 86.4 Å². The van der Waals surface area contributed by atoms with Crippen LogP contribution in [-0.4, -0.2) is 19.1 Å². The third kappa shape index (κ3) is 6.84. The Morgan fingerprint density at radius 3 is 2.31 bits per heavy atom. The second-order valence-corrected chi connectivity index (χ2v) is 3.31. The van der Waals surface area contributed by atoms with Crippen molar-refractivity contribution in [1.82, 2.24) is 0 Å². The lowest BCUT2D eigenvalue weighted by Gasteiger charge is -2.14. The van der Waals surface area contributed by atoms with Crippen LogP contribution in [0.5, 0.6) is 0 Å². The number of carbonyl (C=O) groups excluding carboxylic acids is 1. The molecule has 0 aromatic carbocycles. The highest BCUT2D eigenvalue weighted by Gasteiger charge is 2.18. The molecule has 4 heteroatoms. The third-order valence-corrected chi connectivity index (χ3v) is 1.66. The van der Waals surface area contributed by atoms with E-state index in [0.717, 1.165) is 6.42 Å². The molecular formula is C9H20ClNO2. The molecule has 2 N–H and O–H groups in total. The summed E-state index contributed by atoms with van der Waals surface area (Å²) in [6.07, 6.45) is 0.815. The first-order chi connectivity index (χ1) is 5.61. The Hall–Kier alpha value is -0.280. The molecule has 0 saturated heterocycles. The molecule has 80 valence electrons. The van der Waals surface area contributed by atoms with Gasteiger partial charge in [0.15, 0.2) is 0 Å². The quantitative estimate of drug-likeness (QED) is 0.700. The first-order valence-corrected chi connectivity index (χ1v) is 4.48. The molecule has 0 spiro atoms. The number of hydrogen-bond acceptors (Lipinski definition) is 3. The smallest absolute Gasteiger partial charge is 0.310 e. The van der Waals surface area contributed by atoms with Crippen molar-refractivity contribution >= 4 is 18.4 Å². The highest BCUT2D eigenvalue weighted by atomic mass is 35.5. The van der Waals surface area contributed by atoms with Gasteiger partial charge in [-0.05, 0) is 19.3 Å². The second-order valence-electron chi connectivity index (χ2n) is 3.31. The monoisotopic (exact) mass is 209 g/mol. The van der Waals surface area contributed by atoms with Gasteiger partial charge in [0.05, 0.1) is 12.5 Å². The van der Waals surface area contributed by atoms with Crippen LogP contribution in [0, 0.1) is 11.8 Å². The Kier molecular flexibility index (Phi) is 9.74. The molecule has 13 heavy (non-hydrogen) atoms. The third-order valence-electron chi connectivity index (χ3n) is 1.66. The maximum atomic E-state index is 11.2. The number of carbonyl (C=O) groups is 1. The summed E-state index contributed by atoms with van der Waals surface area (Å²) in [4.78, 5) is 11.2. The van der Waals surface area contributed by atoms with Crippen LogP contribution in [0.1, 0.15) is 27.2 Å². The summed E-state index contributed by atoms with van der Waals surface area (Å²) in [6.45, 7) is 6.77. The van der Waals surface area contributed by atoms with Crippen LogP contribution in [-0.2, 0) is 9.53 Å². The van der Waals surface area contributed by atoms with Crippen LogP contribution in [0.25, 0.3) is 0 Å². The lowest BCUT2D eigenvalue weighted by atomic mass is 9.97. The zero-order valence-electron chi connectivity index (χ0n) is 8.58. The molecule has 0 bridgehead atoms. The molecule has 0 heterocycles. The zero-order chi connectivity index (χ0) is 9.56. The van der Waals surface area contributed by atoms with E-state index in [1.807, 2.05) is 0 Å².